The van der Waals surface area contributed by atoms with Gasteiger partial charge in [0.2, 0.25) is 5.82 Å². The average molecular weight is 359 g/mol. The molecule has 134 valence electrons. The summed E-state index contributed by atoms with van der Waals surface area (Å²) < 4.78 is 7.37. The molecule has 1 aliphatic rings. The number of carbonyl (C=O) groups is 1. The van der Waals surface area contributed by atoms with Gasteiger partial charge in [-0.1, -0.05) is 28.6 Å². The van der Waals surface area contributed by atoms with E-state index in [2.05, 4.69) is 34.3 Å². The van der Waals surface area contributed by atoms with Gasteiger partial charge in [-0.05, 0) is 44.0 Å². The molecular formula is C20H17N5O2. The lowest BCUT2D eigenvalue weighted by molar-refractivity contribution is 0.0994. The molecule has 7 heteroatoms. The van der Waals surface area contributed by atoms with Gasteiger partial charge >= 0.3 is 0 Å². The first-order chi connectivity index (χ1) is 13.1. The van der Waals surface area contributed by atoms with Crippen molar-refractivity contribution in [1.29, 1.82) is 0 Å². The monoisotopic (exact) mass is 359 g/mol. The molecule has 0 atom stereocenters. The minimum Gasteiger partial charge on any atom is -0.334 e. The van der Waals surface area contributed by atoms with Crippen molar-refractivity contribution in [3.63, 3.8) is 0 Å². The summed E-state index contributed by atoms with van der Waals surface area (Å²) in [6.07, 6.45) is 1.26. The molecule has 0 N–H and O–H groups in total. The Morgan fingerprint density at radius 2 is 1.96 bits per heavy atom. The van der Waals surface area contributed by atoms with Crippen molar-refractivity contribution < 1.29 is 9.32 Å². The van der Waals surface area contributed by atoms with Crippen LogP contribution in [0.3, 0.4) is 0 Å². The topological polar surface area (TPSA) is 86.7 Å². The third kappa shape index (κ3) is 2.46. The summed E-state index contributed by atoms with van der Waals surface area (Å²) >= 11 is 0. The van der Waals surface area contributed by atoms with Gasteiger partial charge in [0.05, 0.1) is 5.52 Å². The number of benzene rings is 2. The second-order valence-electron chi connectivity index (χ2n) is 7.01. The molecule has 0 amide bonds. The zero-order valence-electron chi connectivity index (χ0n) is 15.0. The molecule has 0 fully saturated rings. The van der Waals surface area contributed by atoms with Crippen LogP contribution < -0.4 is 0 Å². The smallest absolute Gasteiger partial charge is 0.258 e. The van der Waals surface area contributed by atoms with E-state index < -0.39 is 0 Å². The lowest BCUT2D eigenvalue weighted by Gasteiger charge is -2.04. The molecule has 0 unspecified atom stereocenters. The largest absolute Gasteiger partial charge is 0.334 e. The van der Waals surface area contributed by atoms with Crippen LogP contribution in [0.15, 0.2) is 40.9 Å². The summed E-state index contributed by atoms with van der Waals surface area (Å²) in [5.74, 6) is 1.10. The van der Waals surface area contributed by atoms with Gasteiger partial charge in [0.25, 0.3) is 5.89 Å². The summed E-state index contributed by atoms with van der Waals surface area (Å²) in [6.45, 7) is 4.13. The van der Waals surface area contributed by atoms with E-state index in [1.807, 2.05) is 41.1 Å². The highest BCUT2D eigenvalue weighted by molar-refractivity contribution is 6.02. The molecule has 0 radical (unpaired) electrons. The minimum atomic E-state index is 0.175. The van der Waals surface area contributed by atoms with Gasteiger partial charge < -0.3 is 4.52 Å². The second kappa shape index (κ2) is 5.84. The highest BCUT2D eigenvalue weighted by Crippen LogP contribution is 2.32. The van der Waals surface area contributed by atoms with E-state index in [1.54, 1.807) is 0 Å². The Morgan fingerprint density at radius 3 is 2.81 bits per heavy atom. The highest BCUT2D eigenvalue weighted by Gasteiger charge is 2.24. The van der Waals surface area contributed by atoms with Crippen molar-refractivity contribution in [3.05, 3.63) is 47.5 Å². The van der Waals surface area contributed by atoms with Crippen LogP contribution in [0.1, 0.15) is 42.2 Å². The molecule has 7 nitrogen and oxygen atoms in total. The van der Waals surface area contributed by atoms with Gasteiger partial charge in [0.15, 0.2) is 5.78 Å². The van der Waals surface area contributed by atoms with Gasteiger partial charge in [0, 0.05) is 29.2 Å². The van der Waals surface area contributed by atoms with Crippen molar-refractivity contribution in [2.75, 3.05) is 0 Å². The van der Waals surface area contributed by atoms with Crippen LogP contribution in [-0.2, 0) is 6.42 Å². The van der Waals surface area contributed by atoms with Crippen molar-refractivity contribution in [2.24, 2.45) is 0 Å². The fourth-order valence-corrected chi connectivity index (χ4v) is 3.61. The van der Waals surface area contributed by atoms with Crippen LogP contribution >= 0.6 is 0 Å². The molecule has 0 bridgehead atoms. The Labute approximate surface area is 155 Å². The molecule has 27 heavy (non-hydrogen) atoms. The number of carbonyl (C=O) groups excluding carboxylic acids is 1. The Hall–Kier alpha value is -3.35. The Balaban J connectivity index is 1.55. The zero-order chi connectivity index (χ0) is 18.5. The first-order valence-electron chi connectivity index (χ1n) is 8.96. The van der Waals surface area contributed by atoms with E-state index >= 15 is 0 Å². The van der Waals surface area contributed by atoms with Crippen molar-refractivity contribution in [1.82, 2.24) is 25.1 Å². The predicted molar refractivity (Wildman–Crippen MR) is 99.3 cm³/mol. The Kier molecular flexibility index (Phi) is 3.43. The van der Waals surface area contributed by atoms with Crippen molar-refractivity contribution >= 4 is 16.8 Å². The van der Waals surface area contributed by atoms with Gasteiger partial charge in [-0.25, -0.2) is 4.68 Å². The summed E-state index contributed by atoms with van der Waals surface area (Å²) in [5.41, 5.74) is 5.18. The van der Waals surface area contributed by atoms with Gasteiger partial charge in [-0.2, -0.15) is 4.98 Å². The van der Waals surface area contributed by atoms with E-state index in [-0.39, 0.29) is 11.8 Å². The summed E-state index contributed by atoms with van der Waals surface area (Å²) in [7, 11) is 0. The van der Waals surface area contributed by atoms with Gasteiger partial charge in [-0.3, -0.25) is 4.79 Å². The number of nitrogens with zero attached hydrogens (tertiary/aromatic N) is 5. The maximum atomic E-state index is 12.0. The number of rotatable bonds is 3. The van der Waals surface area contributed by atoms with E-state index in [9.17, 15) is 4.79 Å². The van der Waals surface area contributed by atoms with E-state index in [4.69, 9.17) is 4.52 Å². The number of aromatic nitrogens is 5. The first-order valence-corrected chi connectivity index (χ1v) is 8.96. The first kappa shape index (κ1) is 15.9. The average Bonchev–Trinajstić information content (AvgIpc) is 3.39. The molecule has 0 saturated heterocycles. The molecule has 2 aromatic carbocycles. The number of hydrogen-bond acceptors (Lipinski definition) is 6. The molecule has 4 aromatic rings. The second-order valence-corrected chi connectivity index (χ2v) is 7.01. The maximum absolute atomic E-state index is 12.0. The standard InChI is InChI=1S/C20H17N5O2/c1-11(2)25-17-8-6-12(10-16(17)22-24-25)20-21-19(23-27-20)15-5-3-4-14-13(15)7-9-18(14)26/h3-6,8,10-11H,7,9H2,1-2H3. The molecule has 0 aliphatic heterocycles. The molecular weight excluding hydrogens is 342 g/mol. The molecule has 1 aliphatic carbocycles. The van der Waals surface area contributed by atoms with Gasteiger partial charge in [0.1, 0.15) is 5.52 Å². The summed E-state index contributed by atoms with van der Waals surface area (Å²) in [5, 5.41) is 12.6. The Bertz CT molecular complexity index is 1190. The summed E-state index contributed by atoms with van der Waals surface area (Å²) in [4.78, 5) is 16.5. The Morgan fingerprint density at radius 1 is 1.11 bits per heavy atom. The third-order valence-electron chi connectivity index (χ3n) is 4.95. The molecule has 0 saturated carbocycles. The van der Waals surface area contributed by atoms with E-state index in [1.165, 1.54) is 0 Å². The number of Topliss-reactive ketones (excluding diaryl/α,β-unsaturated/α-hetero) is 1. The summed E-state index contributed by atoms with van der Waals surface area (Å²) in [6, 6.07) is 11.7. The fourth-order valence-electron chi connectivity index (χ4n) is 3.61. The number of fused-ring (bicyclic) bond motifs is 2. The van der Waals surface area contributed by atoms with Crippen LogP contribution in [0.2, 0.25) is 0 Å². The van der Waals surface area contributed by atoms with Crippen LogP contribution in [-0.4, -0.2) is 30.9 Å². The third-order valence-corrected chi connectivity index (χ3v) is 4.95. The van der Waals surface area contributed by atoms with E-state index in [0.717, 1.165) is 39.7 Å². The van der Waals surface area contributed by atoms with Crippen molar-refractivity contribution in [3.8, 4) is 22.8 Å². The lowest BCUT2D eigenvalue weighted by atomic mass is 10.0. The molecule has 2 aromatic heterocycles. The lowest BCUT2D eigenvalue weighted by Crippen LogP contribution is -2.02. The quantitative estimate of drug-likeness (QED) is 0.552. The van der Waals surface area contributed by atoms with Crippen LogP contribution in [0.4, 0.5) is 0 Å². The maximum Gasteiger partial charge on any atom is 0.258 e. The van der Waals surface area contributed by atoms with Crippen molar-refractivity contribution in [2.45, 2.75) is 32.7 Å². The molecule has 5 rings (SSSR count). The molecule has 0 spiro atoms. The predicted octanol–water partition coefficient (Wildman–Crippen LogP) is 3.86. The molecule has 2 heterocycles. The van der Waals surface area contributed by atoms with Crippen LogP contribution in [0, 0.1) is 0 Å². The highest BCUT2D eigenvalue weighted by atomic mass is 16.5. The van der Waals surface area contributed by atoms with Gasteiger partial charge in [-0.15, -0.1) is 5.10 Å². The SMILES string of the molecule is CC(C)n1nnc2cc(-c3nc(-c4cccc5c4CCC5=O)no3)ccc21. The van der Waals surface area contributed by atoms with Crippen LogP contribution in [0.25, 0.3) is 33.9 Å². The number of ketones is 1. The fraction of sp³-hybridized carbons (Fsp3) is 0.250. The zero-order valence-corrected chi connectivity index (χ0v) is 15.0. The van der Waals surface area contributed by atoms with E-state index in [0.29, 0.717) is 18.1 Å². The normalized spacial score (nSPS) is 13.7. The van der Waals surface area contributed by atoms with Crippen LogP contribution in [0.5, 0.6) is 0 Å². The minimum absolute atomic E-state index is 0.175. The number of hydrogen-bond donors (Lipinski definition) is 0.